The van der Waals surface area contributed by atoms with Crippen molar-refractivity contribution >= 4 is 5.69 Å². The van der Waals surface area contributed by atoms with Crippen LogP contribution >= 0.6 is 0 Å². The van der Waals surface area contributed by atoms with Gasteiger partial charge in [-0.3, -0.25) is 0 Å². The topological polar surface area (TPSA) is 59.0 Å². The van der Waals surface area contributed by atoms with Crippen LogP contribution in [0.5, 0.6) is 11.5 Å². The van der Waals surface area contributed by atoms with Crippen LogP contribution < -0.4 is 10.5 Å². The molecule has 0 heterocycles. The van der Waals surface area contributed by atoms with Gasteiger partial charge in [-0.05, 0) is 42.2 Å². The third kappa shape index (κ3) is 2.75. The zero-order chi connectivity index (χ0) is 14.7. The molecule has 102 valence electrons. The minimum atomic E-state index is 0.379. The molecule has 0 saturated heterocycles. The number of nitrogens with zero attached hydrogens (tertiary/aromatic N) is 1. The van der Waals surface area contributed by atoms with Gasteiger partial charge in [0.25, 0.3) is 0 Å². The summed E-state index contributed by atoms with van der Waals surface area (Å²) in [6.07, 6.45) is 0. The zero-order valence-electron chi connectivity index (χ0n) is 12.0. The molecule has 0 saturated carbocycles. The van der Waals surface area contributed by atoms with Crippen LogP contribution in [0.4, 0.5) is 5.69 Å². The molecule has 0 atom stereocenters. The molecule has 0 aliphatic rings. The van der Waals surface area contributed by atoms with Gasteiger partial charge in [0.2, 0.25) is 0 Å². The van der Waals surface area contributed by atoms with Crippen LogP contribution in [0.15, 0.2) is 36.4 Å². The Morgan fingerprint density at radius 3 is 2.55 bits per heavy atom. The fourth-order valence-electron chi connectivity index (χ4n) is 1.93. The lowest BCUT2D eigenvalue weighted by atomic mass is 10.0. The van der Waals surface area contributed by atoms with Gasteiger partial charge >= 0.3 is 0 Å². The van der Waals surface area contributed by atoms with Crippen LogP contribution in [0.1, 0.15) is 36.5 Å². The molecule has 20 heavy (non-hydrogen) atoms. The number of rotatable bonds is 3. The van der Waals surface area contributed by atoms with E-state index >= 15 is 0 Å². The van der Waals surface area contributed by atoms with Crippen molar-refractivity contribution < 1.29 is 4.74 Å². The summed E-state index contributed by atoms with van der Waals surface area (Å²) in [5, 5.41) is 8.99. The minimum absolute atomic E-state index is 0.379. The van der Waals surface area contributed by atoms with Crippen molar-refractivity contribution in [2.45, 2.75) is 26.7 Å². The first-order valence-electron chi connectivity index (χ1n) is 6.60. The molecule has 0 amide bonds. The first-order chi connectivity index (χ1) is 9.52. The number of nitrogen functional groups attached to an aromatic ring is 1. The fourth-order valence-corrected chi connectivity index (χ4v) is 1.93. The van der Waals surface area contributed by atoms with E-state index in [1.54, 1.807) is 18.2 Å². The van der Waals surface area contributed by atoms with E-state index < -0.39 is 0 Å². The third-order valence-corrected chi connectivity index (χ3v) is 3.29. The van der Waals surface area contributed by atoms with Crippen molar-refractivity contribution in [3.05, 3.63) is 53.1 Å². The Labute approximate surface area is 119 Å². The fraction of sp³-hybridized carbons (Fsp3) is 0.235. The van der Waals surface area contributed by atoms with E-state index in [1.165, 1.54) is 5.56 Å². The molecule has 2 aromatic rings. The number of benzene rings is 2. The second kappa shape index (κ2) is 5.66. The van der Waals surface area contributed by atoms with Crippen molar-refractivity contribution in [3.63, 3.8) is 0 Å². The molecule has 0 bridgehead atoms. The van der Waals surface area contributed by atoms with Gasteiger partial charge in [-0.2, -0.15) is 5.26 Å². The molecule has 3 heteroatoms. The predicted octanol–water partition coefficient (Wildman–Crippen LogP) is 4.36. The maximum absolute atomic E-state index is 8.99. The summed E-state index contributed by atoms with van der Waals surface area (Å²) >= 11 is 0. The lowest BCUT2D eigenvalue weighted by Gasteiger charge is -2.14. The van der Waals surface area contributed by atoms with Crippen molar-refractivity contribution in [2.75, 3.05) is 5.73 Å². The van der Waals surface area contributed by atoms with E-state index in [4.69, 9.17) is 15.7 Å². The van der Waals surface area contributed by atoms with E-state index in [9.17, 15) is 0 Å². The molecule has 2 N–H and O–H groups in total. The highest BCUT2D eigenvalue weighted by atomic mass is 16.5. The minimum Gasteiger partial charge on any atom is -0.455 e. The summed E-state index contributed by atoms with van der Waals surface area (Å²) in [7, 11) is 0. The molecule has 0 aromatic heterocycles. The number of aryl methyl sites for hydroxylation is 1. The molecule has 0 aliphatic heterocycles. The molecule has 0 fully saturated rings. The third-order valence-electron chi connectivity index (χ3n) is 3.29. The van der Waals surface area contributed by atoms with Crippen LogP contribution in [0, 0.1) is 18.3 Å². The number of hydrogen-bond donors (Lipinski definition) is 1. The quantitative estimate of drug-likeness (QED) is 0.839. The number of nitriles is 1. The maximum Gasteiger partial charge on any atom is 0.151 e. The highest BCUT2D eigenvalue weighted by molar-refractivity contribution is 5.64. The highest BCUT2D eigenvalue weighted by Gasteiger charge is 2.10. The van der Waals surface area contributed by atoms with Crippen LogP contribution in [-0.4, -0.2) is 0 Å². The molecular weight excluding hydrogens is 248 g/mol. The van der Waals surface area contributed by atoms with Gasteiger partial charge < -0.3 is 10.5 Å². The largest absolute Gasteiger partial charge is 0.455 e. The van der Waals surface area contributed by atoms with Crippen LogP contribution in [0.25, 0.3) is 0 Å². The summed E-state index contributed by atoms with van der Waals surface area (Å²) in [5.74, 6) is 1.73. The predicted molar refractivity (Wildman–Crippen MR) is 80.9 cm³/mol. The summed E-state index contributed by atoms with van der Waals surface area (Å²) in [4.78, 5) is 0. The Bertz CT molecular complexity index is 669. The smallest absolute Gasteiger partial charge is 0.151 e. The second-order valence-electron chi connectivity index (χ2n) is 5.11. The highest BCUT2D eigenvalue weighted by Crippen LogP contribution is 2.33. The number of anilines is 1. The number of ether oxygens (including phenoxy) is 1. The molecule has 3 nitrogen and oxygen atoms in total. The lowest BCUT2D eigenvalue weighted by molar-refractivity contribution is 0.480. The number of hydrogen-bond acceptors (Lipinski definition) is 3. The Morgan fingerprint density at radius 2 is 1.90 bits per heavy atom. The Kier molecular flexibility index (Phi) is 3.95. The van der Waals surface area contributed by atoms with Gasteiger partial charge in [0.15, 0.2) is 5.75 Å². The molecule has 0 aliphatic carbocycles. The molecule has 2 rings (SSSR count). The Hall–Kier alpha value is -2.47. The molecule has 0 radical (unpaired) electrons. The molecule has 2 aromatic carbocycles. The number of nitrogens with two attached hydrogens (primary N) is 1. The van der Waals surface area contributed by atoms with E-state index in [0.29, 0.717) is 22.9 Å². The average molecular weight is 266 g/mol. The maximum atomic E-state index is 8.99. The summed E-state index contributed by atoms with van der Waals surface area (Å²) < 4.78 is 5.90. The Morgan fingerprint density at radius 1 is 1.15 bits per heavy atom. The van der Waals surface area contributed by atoms with Crippen LogP contribution in [0.2, 0.25) is 0 Å². The SMILES string of the molecule is Cc1ccc(C(C)C)cc1Oc1cccc(C#N)c1N. The van der Waals surface area contributed by atoms with Crippen molar-refractivity contribution in [1.29, 1.82) is 5.26 Å². The van der Waals surface area contributed by atoms with E-state index in [1.807, 2.05) is 19.1 Å². The lowest BCUT2D eigenvalue weighted by Crippen LogP contribution is -1.97. The Balaban J connectivity index is 2.40. The zero-order valence-corrected chi connectivity index (χ0v) is 12.0. The van der Waals surface area contributed by atoms with Crippen molar-refractivity contribution in [2.24, 2.45) is 0 Å². The summed E-state index contributed by atoms with van der Waals surface area (Å²) in [5.41, 5.74) is 9.00. The van der Waals surface area contributed by atoms with Gasteiger partial charge in [-0.1, -0.05) is 32.0 Å². The second-order valence-corrected chi connectivity index (χ2v) is 5.11. The standard InChI is InChI=1S/C17H18N2O/c1-11(2)13-8-7-12(3)16(9-13)20-15-6-4-5-14(10-18)17(15)19/h4-9,11H,19H2,1-3H3. The van der Waals surface area contributed by atoms with E-state index in [-0.39, 0.29) is 0 Å². The first kappa shape index (κ1) is 14.0. The summed E-state index contributed by atoms with van der Waals surface area (Å²) in [6.45, 7) is 6.27. The van der Waals surface area contributed by atoms with Crippen molar-refractivity contribution in [1.82, 2.24) is 0 Å². The van der Waals surface area contributed by atoms with Crippen LogP contribution in [-0.2, 0) is 0 Å². The summed E-state index contributed by atoms with van der Waals surface area (Å²) in [6, 6.07) is 13.4. The van der Waals surface area contributed by atoms with Gasteiger partial charge in [0, 0.05) is 0 Å². The molecular formula is C17H18N2O. The average Bonchev–Trinajstić information content (AvgIpc) is 2.43. The number of para-hydroxylation sites is 1. The van der Waals surface area contributed by atoms with Gasteiger partial charge in [-0.15, -0.1) is 0 Å². The van der Waals surface area contributed by atoms with Gasteiger partial charge in [-0.25, -0.2) is 0 Å². The van der Waals surface area contributed by atoms with Crippen LogP contribution in [0.3, 0.4) is 0 Å². The van der Waals surface area contributed by atoms with E-state index in [0.717, 1.165) is 11.3 Å². The molecule has 0 unspecified atom stereocenters. The van der Waals surface area contributed by atoms with Crippen molar-refractivity contribution in [3.8, 4) is 17.6 Å². The normalized spacial score (nSPS) is 10.3. The van der Waals surface area contributed by atoms with Gasteiger partial charge in [0.05, 0.1) is 11.3 Å². The monoisotopic (exact) mass is 266 g/mol. The van der Waals surface area contributed by atoms with E-state index in [2.05, 4.69) is 26.0 Å². The van der Waals surface area contributed by atoms with Gasteiger partial charge in [0.1, 0.15) is 11.8 Å². The first-order valence-corrected chi connectivity index (χ1v) is 6.60. The molecule has 0 spiro atoms.